The largest absolute Gasteiger partial charge is 0.489 e. The first kappa shape index (κ1) is 18.5. The molecule has 24 heavy (non-hydrogen) atoms. The maximum atomic E-state index is 10.8. The average molecular weight is 326 g/mol. The Morgan fingerprint density at radius 1 is 0.917 bits per heavy atom. The van der Waals surface area contributed by atoms with Crippen molar-refractivity contribution in [1.29, 1.82) is 0 Å². The lowest BCUT2D eigenvalue weighted by molar-refractivity contribution is 0.0610. The Morgan fingerprint density at radius 2 is 1.54 bits per heavy atom. The first-order chi connectivity index (χ1) is 11.1. The van der Waals surface area contributed by atoms with Crippen molar-refractivity contribution in [2.45, 2.75) is 59.7 Å². The van der Waals surface area contributed by atoms with Crippen LogP contribution in [-0.4, -0.2) is 5.11 Å². The van der Waals surface area contributed by atoms with Crippen LogP contribution in [0, 0.1) is 5.41 Å². The first-order valence-electron chi connectivity index (χ1n) is 8.58. The highest BCUT2D eigenvalue weighted by Gasteiger charge is 2.29. The van der Waals surface area contributed by atoms with Crippen LogP contribution in [0.25, 0.3) is 0 Å². The molecule has 1 atom stereocenters. The monoisotopic (exact) mass is 326 g/mol. The van der Waals surface area contributed by atoms with Crippen LogP contribution in [0.15, 0.2) is 48.5 Å². The molecule has 0 aromatic heterocycles. The molecule has 2 aromatic rings. The third kappa shape index (κ3) is 4.61. The molecule has 0 radical (unpaired) electrons. The number of hydrogen-bond donors (Lipinski definition) is 1. The highest BCUT2D eigenvalue weighted by atomic mass is 16.5. The van der Waals surface area contributed by atoms with Gasteiger partial charge in [-0.15, -0.1) is 0 Å². The van der Waals surface area contributed by atoms with Crippen LogP contribution in [0.1, 0.15) is 64.3 Å². The van der Waals surface area contributed by atoms with Crippen molar-refractivity contribution >= 4 is 0 Å². The lowest BCUT2D eigenvalue weighted by atomic mass is 9.76. The Bertz CT molecular complexity index is 661. The van der Waals surface area contributed by atoms with Gasteiger partial charge in [-0.2, -0.15) is 0 Å². The van der Waals surface area contributed by atoms with Crippen molar-refractivity contribution in [2.75, 3.05) is 0 Å². The van der Waals surface area contributed by atoms with Gasteiger partial charge in [0.05, 0.1) is 6.10 Å². The first-order valence-corrected chi connectivity index (χ1v) is 8.58. The minimum atomic E-state index is -0.505. The van der Waals surface area contributed by atoms with Crippen molar-refractivity contribution in [1.82, 2.24) is 0 Å². The van der Waals surface area contributed by atoms with Crippen LogP contribution in [0.3, 0.4) is 0 Å². The average Bonchev–Trinajstić information content (AvgIpc) is 2.51. The van der Waals surface area contributed by atoms with Crippen molar-refractivity contribution < 1.29 is 9.84 Å². The Labute approximate surface area is 146 Å². The van der Waals surface area contributed by atoms with Gasteiger partial charge in [-0.1, -0.05) is 77.9 Å². The molecule has 0 saturated heterocycles. The fraction of sp³-hybridized carbons (Fsp3) is 0.455. The van der Waals surface area contributed by atoms with Crippen LogP contribution in [0.5, 0.6) is 5.75 Å². The topological polar surface area (TPSA) is 29.5 Å². The van der Waals surface area contributed by atoms with E-state index in [0.717, 1.165) is 22.4 Å². The van der Waals surface area contributed by atoms with E-state index in [2.05, 4.69) is 59.7 Å². The predicted molar refractivity (Wildman–Crippen MR) is 100 cm³/mol. The zero-order chi connectivity index (χ0) is 18.0. The summed E-state index contributed by atoms with van der Waals surface area (Å²) in [6, 6.07) is 16.2. The fourth-order valence-corrected chi connectivity index (χ4v) is 2.72. The number of aliphatic hydroxyl groups excluding tert-OH is 1. The lowest BCUT2D eigenvalue weighted by Gasteiger charge is -2.32. The summed E-state index contributed by atoms with van der Waals surface area (Å²) >= 11 is 0. The van der Waals surface area contributed by atoms with Gasteiger partial charge in [-0.25, -0.2) is 0 Å². The summed E-state index contributed by atoms with van der Waals surface area (Å²) in [5, 5.41) is 10.8. The summed E-state index contributed by atoms with van der Waals surface area (Å²) in [7, 11) is 0. The fourth-order valence-electron chi connectivity index (χ4n) is 2.72. The van der Waals surface area contributed by atoms with Gasteiger partial charge in [0, 0.05) is 0 Å². The molecular weight excluding hydrogens is 296 g/mol. The van der Waals surface area contributed by atoms with Crippen LogP contribution in [0.2, 0.25) is 0 Å². The smallest absolute Gasteiger partial charge is 0.120 e. The molecule has 0 amide bonds. The molecule has 0 bridgehead atoms. The van der Waals surface area contributed by atoms with E-state index in [1.807, 2.05) is 30.3 Å². The van der Waals surface area contributed by atoms with E-state index in [1.54, 1.807) is 0 Å². The molecule has 2 rings (SSSR count). The van der Waals surface area contributed by atoms with E-state index in [9.17, 15) is 5.11 Å². The second kappa shape index (κ2) is 6.98. The van der Waals surface area contributed by atoms with Gasteiger partial charge in [0.1, 0.15) is 12.4 Å². The Hall–Kier alpha value is -1.80. The number of benzene rings is 2. The number of ether oxygens (including phenoxy) is 1. The van der Waals surface area contributed by atoms with E-state index in [4.69, 9.17) is 4.74 Å². The summed E-state index contributed by atoms with van der Waals surface area (Å²) in [5.41, 5.74) is 3.01. The molecule has 130 valence electrons. The molecule has 1 unspecified atom stereocenters. The van der Waals surface area contributed by atoms with Crippen molar-refractivity contribution in [3.8, 4) is 5.75 Å². The van der Waals surface area contributed by atoms with Crippen molar-refractivity contribution in [3.05, 3.63) is 65.2 Å². The zero-order valence-electron chi connectivity index (χ0n) is 15.8. The summed E-state index contributed by atoms with van der Waals surface area (Å²) < 4.78 is 5.97. The molecule has 0 saturated carbocycles. The third-order valence-electron chi connectivity index (χ3n) is 4.20. The number of rotatable bonds is 4. The zero-order valence-corrected chi connectivity index (χ0v) is 15.8. The minimum Gasteiger partial charge on any atom is -0.489 e. The van der Waals surface area contributed by atoms with Gasteiger partial charge >= 0.3 is 0 Å². The normalized spacial score (nSPS) is 13.6. The molecule has 0 aliphatic carbocycles. The molecule has 0 spiro atoms. The standard InChI is InChI=1S/C22H30O2/c1-21(2,3)19-14-17(24-15-16-10-8-7-9-11-16)12-13-18(19)20(23)22(4,5)6/h7-14,20,23H,15H2,1-6H3. The minimum absolute atomic E-state index is 0.0618. The highest BCUT2D eigenvalue weighted by molar-refractivity contribution is 5.41. The molecule has 2 aromatic carbocycles. The van der Waals surface area contributed by atoms with Gasteiger partial charge in [0.25, 0.3) is 0 Å². The van der Waals surface area contributed by atoms with E-state index in [-0.39, 0.29) is 10.8 Å². The van der Waals surface area contributed by atoms with Gasteiger partial charge < -0.3 is 9.84 Å². The summed E-state index contributed by atoms with van der Waals surface area (Å²) in [6.45, 7) is 13.2. The van der Waals surface area contributed by atoms with Crippen LogP contribution in [0.4, 0.5) is 0 Å². The predicted octanol–water partition coefficient (Wildman–Crippen LogP) is 5.64. The van der Waals surface area contributed by atoms with Gasteiger partial charge in [-0.3, -0.25) is 0 Å². The molecule has 0 heterocycles. The second-order valence-corrected chi connectivity index (χ2v) is 8.54. The molecule has 2 nitrogen and oxygen atoms in total. The van der Waals surface area contributed by atoms with E-state index in [0.29, 0.717) is 6.61 Å². The van der Waals surface area contributed by atoms with Crippen LogP contribution < -0.4 is 4.74 Å². The molecule has 1 N–H and O–H groups in total. The summed E-state index contributed by atoms with van der Waals surface area (Å²) in [4.78, 5) is 0. The maximum absolute atomic E-state index is 10.8. The Balaban J connectivity index is 2.30. The van der Waals surface area contributed by atoms with Gasteiger partial charge in [0.2, 0.25) is 0 Å². The number of aliphatic hydroxyl groups is 1. The van der Waals surface area contributed by atoms with Crippen LogP contribution in [-0.2, 0) is 12.0 Å². The summed E-state index contributed by atoms with van der Waals surface area (Å²) in [6.07, 6.45) is -0.505. The Morgan fingerprint density at radius 3 is 2.08 bits per heavy atom. The molecule has 0 aliphatic heterocycles. The number of hydrogen-bond acceptors (Lipinski definition) is 2. The van der Waals surface area contributed by atoms with E-state index in [1.165, 1.54) is 0 Å². The molecule has 0 fully saturated rings. The van der Waals surface area contributed by atoms with Crippen molar-refractivity contribution in [3.63, 3.8) is 0 Å². The summed E-state index contributed by atoms with van der Waals surface area (Å²) in [5.74, 6) is 0.841. The van der Waals surface area contributed by atoms with Gasteiger partial charge in [0.15, 0.2) is 0 Å². The van der Waals surface area contributed by atoms with E-state index >= 15 is 0 Å². The van der Waals surface area contributed by atoms with Gasteiger partial charge in [-0.05, 0) is 39.7 Å². The lowest BCUT2D eigenvalue weighted by Crippen LogP contribution is -2.23. The van der Waals surface area contributed by atoms with Crippen molar-refractivity contribution in [2.24, 2.45) is 5.41 Å². The third-order valence-corrected chi connectivity index (χ3v) is 4.20. The molecule has 0 aliphatic rings. The SMILES string of the molecule is CC(C)(C)c1cc(OCc2ccccc2)ccc1C(O)C(C)(C)C. The molecular formula is C22H30O2. The molecule has 2 heteroatoms. The highest BCUT2D eigenvalue weighted by Crippen LogP contribution is 2.39. The Kier molecular flexibility index (Phi) is 5.39. The van der Waals surface area contributed by atoms with E-state index < -0.39 is 6.10 Å². The maximum Gasteiger partial charge on any atom is 0.120 e. The quantitative estimate of drug-likeness (QED) is 0.787. The second-order valence-electron chi connectivity index (χ2n) is 8.54. The van der Waals surface area contributed by atoms with Crippen LogP contribution >= 0.6 is 0 Å².